The first-order valence-corrected chi connectivity index (χ1v) is 18.2. The highest BCUT2D eigenvalue weighted by atomic mass is 32.2. The highest BCUT2D eigenvalue weighted by molar-refractivity contribution is 8.00. The SMILES string of the molecule is CCCOc1ccc(/C(O)=C2\C(=O)C(=O)N(c3nnc(SCc4ccc(C)cc4)s3)C2c2ccc(OCc3ccccc3)c(OCC)c2)cc1. The summed E-state index contributed by atoms with van der Waals surface area (Å²) in [6.07, 6.45) is 0.850. The Balaban J connectivity index is 1.38. The van der Waals surface area contributed by atoms with Gasteiger partial charge in [-0.15, -0.1) is 10.2 Å². The third-order valence-electron chi connectivity index (χ3n) is 7.95. The van der Waals surface area contributed by atoms with Crippen LogP contribution in [0.4, 0.5) is 5.13 Å². The van der Waals surface area contributed by atoms with E-state index in [0.29, 0.717) is 58.3 Å². The Morgan fingerprint density at radius 1 is 0.860 bits per heavy atom. The van der Waals surface area contributed by atoms with Crippen LogP contribution in [0, 0.1) is 6.92 Å². The largest absolute Gasteiger partial charge is 0.507 e. The van der Waals surface area contributed by atoms with Crippen LogP contribution in [0.15, 0.2) is 107 Å². The molecule has 0 spiro atoms. The van der Waals surface area contributed by atoms with Crippen LogP contribution in [0.1, 0.15) is 54.1 Å². The molecule has 1 aliphatic rings. The number of aliphatic hydroxyl groups is 1. The van der Waals surface area contributed by atoms with E-state index in [0.717, 1.165) is 17.5 Å². The Morgan fingerprint density at radius 2 is 1.62 bits per heavy atom. The Labute approximate surface area is 299 Å². The molecule has 0 radical (unpaired) electrons. The lowest BCUT2D eigenvalue weighted by Gasteiger charge is -2.23. The maximum Gasteiger partial charge on any atom is 0.301 e. The number of ketones is 1. The molecule has 1 unspecified atom stereocenters. The van der Waals surface area contributed by atoms with Crippen molar-refractivity contribution in [1.29, 1.82) is 0 Å². The topological polar surface area (TPSA) is 111 Å². The minimum absolute atomic E-state index is 0.0679. The lowest BCUT2D eigenvalue weighted by Crippen LogP contribution is -2.29. The van der Waals surface area contributed by atoms with Crippen molar-refractivity contribution in [2.75, 3.05) is 18.1 Å². The van der Waals surface area contributed by atoms with Gasteiger partial charge in [0.1, 0.15) is 18.1 Å². The number of aliphatic hydroxyl groups excluding tert-OH is 1. The van der Waals surface area contributed by atoms with Crippen LogP contribution >= 0.6 is 23.1 Å². The number of thioether (sulfide) groups is 1. The molecular formula is C39H37N3O6S2. The van der Waals surface area contributed by atoms with Gasteiger partial charge in [-0.25, -0.2) is 0 Å². The van der Waals surface area contributed by atoms with E-state index < -0.39 is 17.7 Å². The molecule has 2 heterocycles. The predicted octanol–water partition coefficient (Wildman–Crippen LogP) is 8.53. The number of hydrogen-bond acceptors (Lipinski definition) is 10. The van der Waals surface area contributed by atoms with Crippen molar-refractivity contribution >= 4 is 45.7 Å². The quantitative estimate of drug-likeness (QED) is 0.0399. The van der Waals surface area contributed by atoms with Crippen molar-refractivity contribution in [2.45, 2.75) is 49.9 Å². The molecule has 1 aromatic heterocycles. The van der Waals surface area contributed by atoms with Crippen molar-refractivity contribution in [1.82, 2.24) is 10.2 Å². The molecule has 0 aliphatic carbocycles. The maximum absolute atomic E-state index is 13.9. The molecule has 1 fully saturated rings. The number of rotatable bonds is 14. The van der Waals surface area contributed by atoms with Crippen LogP contribution in [0.25, 0.3) is 5.76 Å². The molecule has 1 aliphatic heterocycles. The fraction of sp³-hybridized carbons (Fsp3) is 0.231. The van der Waals surface area contributed by atoms with Crippen LogP contribution in [-0.2, 0) is 21.9 Å². The summed E-state index contributed by atoms with van der Waals surface area (Å²) < 4.78 is 18.5. The van der Waals surface area contributed by atoms with E-state index in [1.807, 2.05) is 51.1 Å². The van der Waals surface area contributed by atoms with Gasteiger partial charge in [-0.3, -0.25) is 14.5 Å². The zero-order valence-electron chi connectivity index (χ0n) is 28.0. The van der Waals surface area contributed by atoms with Crippen molar-refractivity contribution in [3.63, 3.8) is 0 Å². The number of anilines is 1. The standard InChI is InChI=1S/C39H37N3O6S2/c1-4-21-47-30-18-15-28(16-19-30)35(43)33-34(29-17-20-31(32(22-29)46-5-2)48-23-26-9-7-6-8-10-26)42(37(45)36(33)44)38-40-41-39(50-38)49-24-27-13-11-25(3)12-14-27/h6-20,22,34,43H,4-5,21,23-24H2,1-3H3/b35-33+. The zero-order chi connectivity index (χ0) is 35.0. The summed E-state index contributed by atoms with van der Waals surface area (Å²) in [5, 5.41) is 20.6. The van der Waals surface area contributed by atoms with Gasteiger partial charge in [0.25, 0.3) is 5.78 Å². The summed E-state index contributed by atoms with van der Waals surface area (Å²) >= 11 is 2.71. The van der Waals surface area contributed by atoms with Crippen molar-refractivity contribution in [2.24, 2.45) is 0 Å². The number of Topliss-reactive ketones (excluding diaryl/α,β-unsaturated/α-hetero) is 1. The number of ether oxygens (including phenoxy) is 3. The van der Waals surface area contributed by atoms with Crippen LogP contribution in [0.3, 0.4) is 0 Å². The second kappa shape index (κ2) is 16.1. The van der Waals surface area contributed by atoms with Gasteiger partial charge in [0.2, 0.25) is 5.13 Å². The van der Waals surface area contributed by atoms with Gasteiger partial charge in [-0.05, 0) is 73.4 Å². The van der Waals surface area contributed by atoms with Gasteiger partial charge in [0, 0.05) is 11.3 Å². The minimum atomic E-state index is -1.02. The number of aromatic nitrogens is 2. The van der Waals surface area contributed by atoms with E-state index >= 15 is 0 Å². The molecule has 1 atom stereocenters. The summed E-state index contributed by atoms with van der Waals surface area (Å²) in [5.74, 6) is 0.298. The van der Waals surface area contributed by atoms with Gasteiger partial charge in [-0.1, -0.05) is 96.2 Å². The zero-order valence-corrected chi connectivity index (χ0v) is 29.6. The molecular weight excluding hydrogens is 671 g/mol. The Morgan fingerprint density at radius 3 is 2.34 bits per heavy atom. The molecule has 1 N–H and O–H groups in total. The second-order valence-electron chi connectivity index (χ2n) is 11.6. The monoisotopic (exact) mass is 707 g/mol. The Hall–Kier alpha value is -5.13. The van der Waals surface area contributed by atoms with E-state index in [1.54, 1.807) is 42.5 Å². The molecule has 6 rings (SSSR count). The third-order valence-corrected chi connectivity index (χ3v) is 10.1. The Bertz CT molecular complexity index is 1980. The number of benzene rings is 4. The second-order valence-corrected chi connectivity index (χ2v) is 13.8. The average molecular weight is 708 g/mol. The minimum Gasteiger partial charge on any atom is -0.507 e. The van der Waals surface area contributed by atoms with Gasteiger partial charge in [0.15, 0.2) is 15.8 Å². The third kappa shape index (κ3) is 7.85. The van der Waals surface area contributed by atoms with E-state index in [4.69, 9.17) is 14.2 Å². The first-order chi connectivity index (χ1) is 24.4. The lowest BCUT2D eigenvalue weighted by molar-refractivity contribution is -0.132. The number of carbonyl (C=O) groups is 2. The van der Waals surface area contributed by atoms with Crippen molar-refractivity contribution in [3.8, 4) is 17.2 Å². The number of nitrogens with zero attached hydrogens (tertiary/aromatic N) is 3. The molecule has 0 bridgehead atoms. The lowest BCUT2D eigenvalue weighted by atomic mass is 9.95. The highest BCUT2D eigenvalue weighted by Gasteiger charge is 2.48. The number of amides is 1. The van der Waals surface area contributed by atoms with E-state index in [1.165, 1.54) is 33.6 Å². The smallest absolute Gasteiger partial charge is 0.301 e. The number of aryl methyl sites for hydroxylation is 1. The summed E-state index contributed by atoms with van der Waals surface area (Å²) in [6, 6.07) is 29.1. The summed E-state index contributed by atoms with van der Waals surface area (Å²) in [7, 11) is 0. The molecule has 5 aromatic rings. The number of carbonyl (C=O) groups excluding carboxylic acids is 2. The molecule has 11 heteroatoms. The molecule has 1 amide bonds. The first-order valence-electron chi connectivity index (χ1n) is 16.4. The number of hydrogen-bond donors (Lipinski definition) is 1. The van der Waals surface area contributed by atoms with E-state index in [9.17, 15) is 14.7 Å². The predicted molar refractivity (Wildman–Crippen MR) is 196 cm³/mol. The van der Waals surface area contributed by atoms with Crippen LogP contribution in [-0.4, -0.2) is 40.2 Å². The first kappa shape index (κ1) is 34.7. The van der Waals surface area contributed by atoms with Gasteiger partial charge < -0.3 is 19.3 Å². The van der Waals surface area contributed by atoms with Crippen LogP contribution in [0.2, 0.25) is 0 Å². The normalized spacial score (nSPS) is 15.3. The van der Waals surface area contributed by atoms with Crippen molar-refractivity contribution < 1.29 is 28.9 Å². The summed E-state index contributed by atoms with van der Waals surface area (Å²) in [6.45, 7) is 7.16. The molecule has 256 valence electrons. The fourth-order valence-electron chi connectivity index (χ4n) is 5.43. The van der Waals surface area contributed by atoms with E-state index in [-0.39, 0.29) is 16.5 Å². The maximum atomic E-state index is 13.9. The molecule has 0 saturated carbocycles. The van der Waals surface area contributed by atoms with Gasteiger partial charge in [0.05, 0.1) is 24.8 Å². The summed E-state index contributed by atoms with van der Waals surface area (Å²) in [5.41, 5.74) is 4.13. The fourth-order valence-corrected chi connectivity index (χ4v) is 7.26. The molecule has 50 heavy (non-hydrogen) atoms. The Kier molecular flexibility index (Phi) is 11.1. The van der Waals surface area contributed by atoms with Crippen molar-refractivity contribution in [3.05, 3.63) is 130 Å². The molecule has 4 aromatic carbocycles. The van der Waals surface area contributed by atoms with Crippen LogP contribution < -0.4 is 19.1 Å². The molecule has 9 nitrogen and oxygen atoms in total. The van der Waals surface area contributed by atoms with E-state index in [2.05, 4.69) is 34.5 Å². The summed E-state index contributed by atoms with van der Waals surface area (Å²) in [4.78, 5) is 29.0. The van der Waals surface area contributed by atoms with Gasteiger partial charge >= 0.3 is 5.91 Å². The highest BCUT2D eigenvalue weighted by Crippen LogP contribution is 2.46. The van der Waals surface area contributed by atoms with Gasteiger partial charge in [-0.2, -0.15) is 0 Å². The molecule has 1 saturated heterocycles. The average Bonchev–Trinajstić information content (AvgIpc) is 3.71. The van der Waals surface area contributed by atoms with Crippen LogP contribution in [0.5, 0.6) is 17.2 Å².